The maximum Gasteiger partial charge on any atom is 0.287 e. The fraction of sp³-hybridized carbons (Fsp3) is 0.400. The van der Waals surface area contributed by atoms with Gasteiger partial charge in [0, 0.05) is 25.2 Å². The van der Waals surface area contributed by atoms with Crippen LogP contribution in [0.25, 0.3) is 0 Å². The van der Waals surface area contributed by atoms with Crippen molar-refractivity contribution in [3.8, 4) is 11.5 Å². The number of aryl methyl sites for hydroxylation is 1. The molecule has 28 heavy (non-hydrogen) atoms. The first kappa shape index (κ1) is 19.6. The standard InChI is InChI=1S/C20H26N4O4/c1-3-21-20(24-12-15-5-6-16-17(11-15)28-13-27-16)23-9-4-8-22-19(25)18-14(2)7-10-26-18/h5-7,10-11H,3-4,8-9,12-13H2,1-2H3,(H,22,25)(H2,21,23,24). The number of ether oxygens (including phenoxy) is 2. The predicted octanol–water partition coefficient (Wildman–Crippen LogP) is 2.19. The molecular weight excluding hydrogens is 360 g/mol. The third kappa shape index (κ3) is 5.18. The highest BCUT2D eigenvalue weighted by Crippen LogP contribution is 2.32. The molecule has 3 N–H and O–H groups in total. The Balaban J connectivity index is 1.42. The maximum atomic E-state index is 12.0. The monoisotopic (exact) mass is 386 g/mol. The lowest BCUT2D eigenvalue weighted by Gasteiger charge is -2.11. The molecule has 0 unspecified atom stereocenters. The molecule has 1 aliphatic rings. The Morgan fingerprint density at radius 2 is 1.93 bits per heavy atom. The average molecular weight is 386 g/mol. The van der Waals surface area contributed by atoms with Crippen LogP contribution in [0.1, 0.15) is 35.0 Å². The summed E-state index contributed by atoms with van der Waals surface area (Å²) < 4.78 is 15.9. The topological polar surface area (TPSA) is 97.1 Å². The molecule has 8 heteroatoms. The minimum absolute atomic E-state index is 0.189. The van der Waals surface area contributed by atoms with E-state index in [1.807, 2.05) is 32.0 Å². The molecule has 1 aromatic carbocycles. The quantitative estimate of drug-likeness (QED) is 0.366. The number of benzene rings is 1. The van der Waals surface area contributed by atoms with Gasteiger partial charge in [0.25, 0.3) is 5.91 Å². The van der Waals surface area contributed by atoms with Crippen molar-refractivity contribution in [1.29, 1.82) is 0 Å². The molecule has 0 saturated carbocycles. The maximum absolute atomic E-state index is 12.0. The van der Waals surface area contributed by atoms with Gasteiger partial charge in [0.2, 0.25) is 6.79 Å². The largest absolute Gasteiger partial charge is 0.459 e. The normalized spacial score (nSPS) is 12.7. The van der Waals surface area contributed by atoms with Crippen molar-refractivity contribution in [2.75, 3.05) is 26.4 Å². The first-order chi connectivity index (χ1) is 13.7. The molecule has 1 amide bonds. The Morgan fingerprint density at radius 1 is 1.11 bits per heavy atom. The number of carbonyl (C=O) groups is 1. The number of nitrogens with zero attached hydrogens (tertiary/aromatic N) is 1. The number of aliphatic imine (C=N–C) groups is 1. The molecule has 0 saturated heterocycles. The second-order valence-corrected chi connectivity index (χ2v) is 6.35. The van der Waals surface area contributed by atoms with Crippen molar-refractivity contribution in [1.82, 2.24) is 16.0 Å². The number of rotatable bonds is 8. The molecule has 2 aromatic rings. The van der Waals surface area contributed by atoms with E-state index in [1.165, 1.54) is 6.26 Å². The number of carbonyl (C=O) groups excluding carboxylic acids is 1. The Morgan fingerprint density at radius 3 is 2.71 bits per heavy atom. The van der Waals surface area contributed by atoms with Crippen LogP contribution >= 0.6 is 0 Å². The SMILES string of the molecule is CCNC(=NCc1ccc2c(c1)OCO2)NCCCNC(=O)c1occc1C. The van der Waals surface area contributed by atoms with Crippen LogP contribution in [-0.4, -0.2) is 38.3 Å². The Kier molecular flexibility index (Phi) is 6.78. The first-order valence-corrected chi connectivity index (χ1v) is 9.40. The van der Waals surface area contributed by atoms with Crippen LogP contribution in [-0.2, 0) is 6.54 Å². The number of amides is 1. The van der Waals surface area contributed by atoms with Gasteiger partial charge in [-0.15, -0.1) is 0 Å². The highest BCUT2D eigenvalue weighted by Gasteiger charge is 2.13. The van der Waals surface area contributed by atoms with Crippen LogP contribution in [0.3, 0.4) is 0 Å². The van der Waals surface area contributed by atoms with Crippen molar-refractivity contribution < 1.29 is 18.7 Å². The van der Waals surface area contributed by atoms with E-state index in [4.69, 9.17) is 13.9 Å². The molecule has 0 fully saturated rings. The fourth-order valence-corrected chi connectivity index (χ4v) is 2.73. The minimum atomic E-state index is -0.189. The van der Waals surface area contributed by atoms with E-state index in [0.717, 1.165) is 41.6 Å². The lowest BCUT2D eigenvalue weighted by Crippen LogP contribution is -2.38. The lowest BCUT2D eigenvalue weighted by molar-refractivity contribution is 0.0925. The van der Waals surface area contributed by atoms with Crippen LogP contribution in [0, 0.1) is 6.92 Å². The van der Waals surface area contributed by atoms with Crippen LogP contribution in [0.15, 0.2) is 39.9 Å². The molecule has 0 radical (unpaired) electrons. The minimum Gasteiger partial charge on any atom is -0.459 e. The van der Waals surface area contributed by atoms with Gasteiger partial charge in [0.15, 0.2) is 23.2 Å². The molecule has 8 nitrogen and oxygen atoms in total. The Bertz CT molecular complexity index is 831. The van der Waals surface area contributed by atoms with Gasteiger partial charge in [-0.2, -0.15) is 0 Å². The van der Waals surface area contributed by atoms with Crippen LogP contribution < -0.4 is 25.4 Å². The third-order valence-electron chi connectivity index (χ3n) is 4.20. The van der Waals surface area contributed by atoms with Gasteiger partial charge in [-0.3, -0.25) is 4.79 Å². The fourth-order valence-electron chi connectivity index (χ4n) is 2.73. The number of nitrogens with one attached hydrogen (secondary N) is 3. The van der Waals surface area contributed by atoms with Crippen molar-refractivity contribution in [2.24, 2.45) is 4.99 Å². The molecule has 150 valence electrons. The summed E-state index contributed by atoms with van der Waals surface area (Å²) in [6, 6.07) is 7.60. The number of fused-ring (bicyclic) bond motifs is 1. The average Bonchev–Trinajstić information content (AvgIpc) is 3.33. The van der Waals surface area contributed by atoms with E-state index in [1.54, 1.807) is 6.07 Å². The molecule has 0 aliphatic carbocycles. The summed E-state index contributed by atoms with van der Waals surface area (Å²) in [6.07, 6.45) is 2.28. The van der Waals surface area contributed by atoms with E-state index >= 15 is 0 Å². The van der Waals surface area contributed by atoms with Gasteiger partial charge in [-0.1, -0.05) is 6.07 Å². The lowest BCUT2D eigenvalue weighted by atomic mass is 10.2. The van der Waals surface area contributed by atoms with Gasteiger partial charge >= 0.3 is 0 Å². The van der Waals surface area contributed by atoms with Gasteiger partial charge in [-0.05, 0) is 44.0 Å². The molecule has 3 rings (SSSR count). The highest BCUT2D eigenvalue weighted by molar-refractivity contribution is 5.92. The van der Waals surface area contributed by atoms with E-state index < -0.39 is 0 Å². The summed E-state index contributed by atoms with van der Waals surface area (Å²) in [4.78, 5) is 16.6. The summed E-state index contributed by atoms with van der Waals surface area (Å²) >= 11 is 0. The zero-order valence-corrected chi connectivity index (χ0v) is 16.2. The number of guanidine groups is 1. The van der Waals surface area contributed by atoms with E-state index in [-0.39, 0.29) is 12.7 Å². The van der Waals surface area contributed by atoms with Gasteiger partial charge in [-0.25, -0.2) is 4.99 Å². The summed E-state index contributed by atoms with van der Waals surface area (Å²) in [7, 11) is 0. The number of furan rings is 1. The molecule has 2 heterocycles. The van der Waals surface area contributed by atoms with Gasteiger partial charge in [0.05, 0.1) is 12.8 Å². The summed E-state index contributed by atoms with van der Waals surface area (Å²) in [5.41, 5.74) is 1.88. The number of hydrogen-bond donors (Lipinski definition) is 3. The smallest absolute Gasteiger partial charge is 0.287 e. The Labute approximate surface area is 164 Å². The van der Waals surface area contributed by atoms with E-state index in [0.29, 0.717) is 25.4 Å². The molecule has 0 spiro atoms. The summed E-state index contributed by atoms with van der Waals surface area (Å²) in [5, 5.41) is 9.34. The van der Waals surface area contributed by atoms with Crippen molar-refractivity contribution in [3.63, 3.8) is 0 Å². The zero-order chi connectivity index (χ0) is 19.8. The van der Waals surface area contributed by atoms with Gasteiger partial charge < -0.3 is 29.8 Å². The molecular formula is C20H26N4O4. The van der Waals surface area contributed by atoms with Crippen LogP contribution in [0.4, 0.5) is 0 Å². The Hall–Kier alpha value is -3.16. The predicted molar refractivity (Wildman–Crippen MR) is 106 cm³/mol. The third-order valence-corrected chi connectivity index (χ3v) is 4.20. The number of hydrogen-bond acceptors (Lipinski definition) is 5. The van der Waals surface area contributed by atoms with Crippen molar-refractivity contribution in [3.05, 3.63) is 47.4 Å². The summed E-state index contributed by atoms with van der Waals surface area (Å²) in [6.45, 7) is 6.66. The van der Waals surface area contributed by atoms with Gasteiger partial charge in [0.1, 0.15) is 0 Å². The second kappa shape index (κ2) is 9.68. The molecule has 1 aromatic heterocycles. The highest BCUT2D eigenvalue weighted by atomic mass is 16.7. The van der Waals surface area contributed by atoms with E-state index in [2.05, 4.69) is 20.9 Å². The zero-order valence-electron chi connectivity index (χ0n) is 16.2. The van der Waals surface area contributed by atoms with Crippen molar-refractivity contribution >= 4 is 11.9 Å². The van der Waals surface area contributed by atoms with Crippen LogP contribution in [0.5, 0.6) is 11.5 Å². The molecule has 1 aliphatic heterocycles. The van der Waals surface area contributed by atoms with Crippen molar-refractivity contribution in [2.45, 2.75) is 26.8 Å². The van der Waals surface area contributed by atoms with E-state index in [9.17, 15) is 4.79 Å². The molecule has 0 atom stereocenters. The summed E-state index contributed by atoms with van der Waals surface area (Å²) in [5.74, 6) is 2.43. The second-order valence-electron chi connectivity index (χ2n) is 6.35. The molecule has 0 bridgehead atoms. The van der Waals surface area contributed by atoms with Crippen LogP contribution in [0.2, 0.25) is 0 Å². The first-order valence-electron chi connectivity index (χ1n) is 9.40.